The summed E-state index contributed by atoms with van der Waals surface area (Å²) in [5.74, 6) is 1.32. The molecular formula is C12H8Cl6O2W. The second-order valence-electron chi connectivity index (χ2n) is 3.10. The third kappa shape index (κ3) is 8.61. The summed E-state index contributed by atoms with van der Waals surface area (Å²) < 4.78 is 11.1. The Morgan fingerprint density at radius 1 is 0.619 bits per heavy atom. The molecule has 2 nitrogen and oxygen atoms in total. The molecule has 0 amide bonds. The molecule has 0 radical (unpaired) electrons. The minimum atomic E-state index is -1.45. The van der Waals surface area contributed by atoms with E-state index in [1.807, 2.05) is 36.4 Å². The molecule has 2 aromatic rings. The quantitative estimate of drug-likeness (QED) is 0.358. The van der Waals surface area contributed by atoms with Crippen LogP contribution >= 0.6 is 23.2 Å². The SMILES string of the molecule is Clc1ccccc1[O][W+4][O]c1ccccc1Cl.[Cl-].[Cl-].[Cl-].[Cl-]. The molecule has 0 aliphatic rings. The summed E-state index contributed by atoms with van der Waals surface area (Å²) in [6.07, 6.45) is 0. The summed E-state index contributed by atoms with van der Waals surface area (Å²) in [7, 11) is 0. The molecule has 0 fully saturated rings. The molecule has 2 rings (SSSR count). The monoisotopic (exact) mass is 578 g/mol. The maximum atomic E-state index is 5.96. The Morgan fingerprint density at radius 3 is 1.29 bits per heavy atom. The molecule has 0 N–H and O–H groups in total. The van der Waals surface area contributed by atoms with Crippen LogP contribution in [0, 0.1) is 0 Å². The number of para-hydroxylation sites is 2. The Labute approximate surface area is 168 Å². The Bertz CT molecular complexity index is 469. The molecule has 21 heavy (non-hydrogen) atoms. The zero-order valence-electron chi connectivity index (χ0n) is 10.1. The van der Waals surface area contributed by atoms with Crippen LogP contribution in [0.2, 0.25) is 10.0 Å². The predicted octanol–water partition coefficient (Wildman–Crippen LogP) is -7.62. The van der Waals surface area contributed by atoms with Gasteiger partial charge in [-0.05, 0) is 0 Å². The Balaban J connectivity index is -0.000000810. The Hall–Kier alpha value is 0.468. The summed E-state index contributed by atoms with van der Waals surface area (Å²) >= 11 is 10.5. The molecule has 0 heterocycles. The van der Waals surface area contributed by atoms with Crippen molar-refractivity contribution in [3.05, 3.63) is 58.6 Å². The van der Waals surface area contributed by atoms with Crippen molar-refractivity contribution in [3.8, 4) is 11.5 Å². The van der Waals surface area contributed by atoms with Gasteiger partial charge >= 0.3 is 119 Å². The molecular weight excluding hydrogens is 573 g/mol. The fraction of sp³-hybridized carbons (Fsp3) is 0. The van der Waals surface area contributed by atoms with E-state index in [1.165, 1.54) is 0 Å². The number of hydrogen-bond acceptors (Lipinski definition) is 2. The van der Waals surface area contributed by atoms with E-state index in [2.05, 4.69) is 0 Å². The van der Waals surface area contributed by atoms with Crippen molar-refractivity contribution in [2.75, 3.05) is 0 Å². The van der Waals surface area contributed by atoms with Gasteiger partial charge in [0.2, 0.25) is 0 Å². The van der Waals surface area contributed by atoms with Gasteiger partial charge in [0.25, 0.3) is 0 Å². The van der Waals surface area contributed by atoms with E-state index < -0.39 is 19.3 Å². The maximum Gasteiger partial charge on any atom is -1.00 e. The molecule has 0 aliphatic heterocycles. The zero-order valence-corrected chi connectivity index (χ0v) is 17.6. The molecule has 0 saturated carbocycles. The summed E-state index contributed by atoms with van der Waals surface area (Å²) in [6, 6.07) is 14.7. The van der Waals surface area contributed by atoms with E-state index in [0.717, 1.165) is 0 Å². The molecule has 0 saturated heterocycles. The average Bonchev–Trinajstić information content (AvgIpc) is 2.34. The van der Waals surface area contributed by atoms with Crippen molar-refractivity contribution >= 4 is 23.2 Å². The third-order valence-electron chi connectivity index (χ3n) is 1.92. The van der Waals surface area contributed by atoms with Crippen molar-refractivity contribution in [2.24, 2.45) is 0 Å². The second kappa shape index (κ2) is 14.1. The number of benzene rings is 2. The molecule has 0 spiro atoms. The summed E-state index contributed by atoms with van der Waals surface area (Å²) in [4.78, 5) is 0. The Morgan fingerprint density at radius 2 is 0.952 bits per heavy atom. The maximum absolute atomic E-state index is 5.96. The molecule has 0 aromatic heterocycles. The van der Waals surface area contributed by atoms with Crippen molar-refractivity contribution in [2.45, 2.75) is 0 Å². The minimum absolute atomic E-state index is 0. The summed E-state index contributed by atoms with van der Waals surface area (Å²) in [5, 5.41) is 1.19. The van der Waals surface area contributed by atoms with E-state index in [-0.39, 0.29) is 49.6 Å². The van der Waals surface area contributed by atoms with Crippen LogP contribution in [0.15, 0.2) is 48.5 Å². The molecule has 2 aromatic carbocycles. The predicted molar refractivity (Wildman–Crippen MR) is 64.2 cm³/mol. The van der Waals surface area contributed by atoms with Crippen LogP contribution in [0.25, 0.3) is 0 Å². The topological polar surface area (TPSA) is 18.5 Å². The van der Waals surface area contributed by atoms with Crippen LogP contribution in [0.4, 0.5) is 0 Å². The summed E-state index contributed by atoms with van der Waals surface area (Å²) in [6.45, 7) is 0. The largest absolute Gasteiger partial charge is 1.00 e. The van der Waals surface area contributed by atoms with Crippen LogP contribution in [0.3, 0.4) is 0 Å². The van der Waals surface area contributed by atoms with Gasteiger partial charge in [0.1, 0.15) is 0 Å². The minimum Gasteiger partial charge on any atom is -1.00 e. The second-order valence-corrected chi connectivity index (χ2v) is 5.60. The van der Waals surface area contributed by atoms with Crippen molar-refractivity contribution < 1.29 is 75.7 Å². The zero-order chi connectivity index (χ0) is 12.1. The van der Waals surface area contributed by atoms with Crippen LogP contribution in [0.5, 0.6) is 11.5 Å². The van der Waals surface area contributed by atoms with Gasteiger partial charge < -0.3 is 49.6 Å². The van der Waals surface area contributed by atoms with Gasteiger partial charge in [-0.2, -0.15) is 0 Å². The van der Waals surface area contributed by atoms with Crippen LogP contribution in [0.1, 0.15) is 0 Å². The van der Waals surface area contributed by atoms with Gasteiger partial charge in [-0.25, -0.2) is 0 Å². The molecule has 9 heteroatoms. The van der Waals surface area contributed by atoms with Crippen LogP contribution in [-0.4, -0.2) is 0 Å². The Kier molecular flexibility index (Phi) is 17.7. The van der Waals surface area contributed by atoms with Gasteiger partial charge in [-0.15, -0.1) is 0 Å². The van der Waals surface area contributed by atoms with E-state index >= 15 is 0 Å². The van der Waals surface area contributed by atoms with E-state index in [1.54, 1.807) is 12.1 Å². The third-order valence-corrected chi connectivity index (χ3v) is 4.32. The van der Waals surface area contributed by atoms with Gasteiger partial charge in [0.05, 0.1) is 0 Å². The fourth-order valence-electron chi connectivity index (χ4n) is 1.11. The van der Waals surface area contributed by atoms with Crippen molar-refractivity contribution in [3.63, 3.8) is 0 Å². The fourth-order valence-corrected chi connectivity index (χ4v) is 3.52. The number of hydrogen-bond donors (Lipinski definition) is 0. The van der Waals surface area contributed by atoms with Gasteiger partial charge in [-0.3, -0.25) is 0 Å². The molecule has 0 bridgehead atoms. The van der Waals surface area contributed by atoms with Crippen LogP contribution in [-0.2, 0) is 19.3 Å². The molecule has 0 aliphatic carbocycles. The van der Waals surface area contributed by atoms with Crippen molar-refractivity contribution in [1.82, 2.24) is 0 Å². The first-order valence-corrected chi connectivity index (χ1v) is 7.93. The normalized spacial score (nSPS) is 7.71. The molecule has 116 valence electrons. The van der Waals surface area contributed by atoms with Gasteiger partial charge in [0, 0.05) is 0 Å². The average molecular weight is 581 g/mol. The summed E-state index contributed by atoms with van der Waals surface area (Å²) in [5.41, 5.74) is 0. The smallest absolute Gasteiger partial charge is 1.00 e. The molecule has 0 atom stereocenters. The van der Waals surface area contributed by atoms with Crippen LogP contribution < -0.4 is 56.4 Å². The first kappa shape index (κ1) is 26.4. The van der Waals surface area contributed by atoms with E-state index in [9.17, 15) is 0 Å². The van der Waals surface area contributed by atoms with Gasteiger partial charge in [0.15, 0.2) is 0 Å². The van der Waals surface area contributed by atoms with E-state index in [4.69, 9.17) is 30.0 Å². The standard InChI is InChI=1S/2C6H5ClO.4ClH.W/c2*7-5-3-1-2-4-6(5)8;;;;;/h2*1-4,8H;4*1H;/q;;;;;;+6/p-6. The van der Waals surface area contributed by atoms with E-state index in [0.29, 0.717) is 21.5 Å². The number of rotatable bonds is 4. The molecule has 0 unspecified atom stereocenters. The number of halogens is 6. The first-order chi connectivity index (χ1) is 8.27. The van der Waals surface area contributed by atoms with Gasteiger partial charge in [-0.1, -0.05) is 0 Å². The first-order valence-electron chi connectivity index (χ1n) is 4.77. The van der Waals surface area contributed by atoms with Crippen molar-refractivity contribution in [1.29, 1.82) is 0 Å².